The molecule has 0 fully saturated rings. The fourth-order valence-electron chi connectivity index (χ4n) is 8.22. The normalized spacial score (nSPS) is 14.4. The zero-order valence-corrected chi connectivity index (χ0v) is 50.2. The SMILES string of the molecule is CCCCC/C=C\C/C=C\C/C=C\C/C=C\CCCCCC(=O)NC(COP(=O)(O)OCC[N+](C)(C)C)C(/C=C/CCCCCCCCCCC)OC(=O)CCCCCCCC/C=C\C/C=C\C/C=C\CCCCC. The zero-order chi connectivity index (χ0) is 55.0. The Labute approximate surface area is 462 Å². The summed E-state index contributed by atoms with van der Waals surface area (Å²) in [6, 6.07) is -0.876. The van der Waals surface area contributed by atoms with Crippen molar-refractivity contribution in [1.29, 1.82) is 0 Å². The quantitative estimate of drug-likeness (QED) is 0.0205. The standard InChI is InChI=1S/C65H115N2O7P/c1-7-10-13-16-19-22-25-27-29-31-33-35-37-39-42-45-48-51-54-57-64(68)66-62(61-73-75(70,71)72-60-59-67(4,5)6)63(56-53-50-47-44-41-24-21-18-15-12-9-3)74-65(69)58-55-52-49-46-43-40-38-36-34-32-30-28-26-23-20-17-14-11-8-2/h19-20,22-23,27-30,33-36,39,42,53,56,62-63H,7-18,21,24-26,31-32,37-38,40-41,43-52,54-55,57-61H2,1-6H3,(H-,66,68,70,71)/p+1/b22-19-,23-20-,29-27-,30-28-,35-33-,36-34-,42-39-,56-53+. The molecule has 3 atom stereocenters. The molecule has 0 aromatic rings. The van der Waals surface area contributed by atoms with Gasteiger partial charge in [-0.1, -0.05) is 221 Å². The lowest BCUT2D eigenvalue weighted by molar-refractivity contribution is -0.870. The van der Waals surface area contributed by atoms with Crippen molar-refractivity contribution in [3.8, 4) is 0 Å². The van der Waals surface area contributed by atoms with Crippen LogP contribution in [0.25, 0.3) is 0 Å². The molecule has 1 amide bonds. The number of carbonyl (C=O) groups excluding carboxylic acids is 2. The van der Waals surface area contributed by atoms with E-state index in [4.69, 9.17) is 13.8 Å². The third-order valence-electron chi connectivity index (χ3n) is 13.0. The molecule has 0 aromatic heterocycles. The van der Waals surface area contributed by atoms with Gasteiger partial charge in [-0.05, 0) is 115 Å². The summed E-state index contributed by atoms with van der Waals surface area (Å²) in [4.78, 5) is 37.7. The number of phosphoric acid groups is 1. The molecule has 0 aliphatic heterocycles. The summed E-state index contributed by atoms with van der Waals surface area (Å²) in [6.45, 7) is 6.91. The first-order chi connectivity index (χ1) is 36.4. The Morgan fingerprint density at radius 2 is 0.813 bits per heavy atom. The zero-order valence-electron chi connectivity index (χ0n) is 49.3. The number of rotatable bonds is 54. The maximum atomic E-state index is 13.5. The number of hydrogen-bond acceptors (Lipinski definition) is 6. The van der Waals surface area contributed by atoms with Crippen LogP contribution in [0.2, 0.25) is 0 Å². The molecule has 0 rings (SSSR count). The fourth-order valence-corrected chi connectivity index (χ4v) is 8.96. The number of nitrogens with zero attached hydrogens (tertiary/aromatic N) is 1. The van der Waals surface area contributed by atoms with Crippen LogP contribution in [0.15, 0.2) is 97.2 Å². The molecular formula is C65H116N2O7P+. The van der Waals surface area contributed by atoms with Crippen LogP contribution in [0.4, 0.5) is 0 Å². The van der Waals surface area contributed by atoms with Crippen LogP contribution in [0.3, 0.4) is 0 Å². The van der Waals surface area contributed by atoms with Crippen molar-refractivity contribution in [2.45, 2.75) is 264 Å². The Balaban J connectivity index is 5.34. The maximum Gasteiger partial charge on any atom is 0.472 e. The Morgan fingerprint density at radius 1 is 0.467 bits per heavy atom. The number of esters is 1. The highest BCUT2D eigenvalue weighted by atomic mass is 31.2. The molecule has 10 heteroatoms. The number of amides is 1. The van der Waals surface area contributed by atoms with E-state index >= 15 is 0 Å². The van der Waals surface area contributed by atoms with Gasteiger partial charge in [0.05, 0.1) is 33.8 Å². The van der Waals surface area contributed by atoms with E-state index in [1.807, 2.05) is 33.3 Å². The van der Waals surface area contributed by atoms with E-state index in [0.29, 0.717) is 23.9 Å². The molecule has 0 bridgehead atoms. The second-order valence-electron chi connectivity index (χ2n) is 21.5. The summed E-state index contributed by atoms with van der Waals surface area (Å²) < 4.78 is 30.6. The van der Waals surface area contributed by atoms with E-state index in [-0.39, 0.29) is 37.9 Å². The number of nitrogens with one attached hydrogen (secondary N) is 1. The molecule has 3 unspecified atom stereocenters. The summed E-state index contributed by atoms with van der Waals surface area (Å²) in [5.41, 5.74) is 0. The molecule has 0 aromatic carbocycles. The van der Waals surface area contributed by atoms with Gasteiger partial charge in [0.15, 0.2) is 0 Å². The summed E-state index contributed by atoms with van der Waals surface area (Å²) >= 11 is 0. The number of allylic oxidation sites excluding steroid dienone is 15. The Hall–Kier alpha value is -3.07. The summed E-state index contributed by atoms with van der Waals surface area (Å²) in [5, 5.41) is 3.03. The second kappa shape index (κ2) is 54.3. The third-order valence-corrected chi connectivity index (χ3v) is 14.0. The lowest BCUT2D eigenvalue weighted by Crippen LogP contribution is -2.47. The van der Waals surface area contributed by atoms with E-state index in [2.05, 4.69) is 111 Å². The number of carbonyl (C=O) groups is 2. The second-order valence-corrected chi connectivity index (χ2v) is 23.0. The molecule has 0 saturated carbocycles. The van der Waals surface area contributed by atoms with Gasteiger partial charge in [-0.25, -0.2) is 4.57 Å². The van der Waals surface area contributed by atoms with Gasteiger partial charge in [0, 0.05) is 12.8 Å². The first-order valence-electron chi connectivity index (χ1n) is 30.6. The highest BCUT2D eigenvalue weighted by Gasteiger charge is 2.30. The van der Waals surface area contributed by atoms with E-state index in [1.54, 1.807) is 0 Å². The van der Waals surface area contributed by atoms with E-state index in [9.17, 15) is 19.0 Å². The van der Waals surface area contributed by atoms with Crippen LogP contribution < -0.4 is 5.32 Å². The minimum absolute atomic E-state index is 0.0268. The van der Waals surface area contributed by atoms with E-state index < -0.39 is 20.0 Å². The van der Waals surface area contributed by atoms with Crippen LogP contribution in [0, 0.1) is 0 Å². The van der Waals surface area contributed by atoms with E-state index in [0.717, 1.165) is 96.3 Å². The minimum atomic E-state index is -4.46. The summed E-state index contributed by atoms with van der Waals surface area (Å²) in [5.74, 6) is -0.561. The summed E-state index contributed by atoms with van der Waals surface area (Å²) in [6.07, 6.45) is 72.6. The third kappa shape index (κ3) is 55.5. The Morgan fingerprint density at radius 3 is 1.25 bits per heavy atom. The Bertz CT molecular complexity index is 1610. The topological polar surface area (TPSA) is 111 Å². The van der Waals surface area contributed by atoms with Crippen molar-refractivity contribution >= 4 is 19.7 Å². The number of quaternary nitrogens is 1. The van der Waals surface area contributed by atoms with Gasteiger partial charge in [-0.15, -0.1) is 0 Å². The van der Waals surface area contributed by atoms with Crippen molar-refractivity contribution in [3.63, 3.8) is 0 Å². The largest absolute Gasteiger partial charge is 0.472 e. The predicted molar refractivity (Wildman–Crippen MR) is 323 cm³/mol. The molecule has 75 heavy (non-hydrogen) atoms. The van der Waals surface area contributed by atoms with Crippen LogP contribution in [-0.4, -0.2) is 74.3 Å². The smallest absolute Gasteiger partial charge is 0.456 e. The van der Waals surface area contributed by atoms with Crippen LogP contribution in [-0.2, 0) is 27.9 Å². The van der Waals surface area contributed by atoms with Crippen molar-refractivity contribution < 1.29 is 37.3 Å². The molecule has 0 heterocycles. The first-order valence-corrected chi connectivity index (χ1v) is 32.1. The van der Waals surface area contributed by atoms with Crippen molar-refractivity contribution in [3.05, 3.63) is 97.2 Å². The van der Waals surface area contributed by atoms with Crippen molar-refractivity contribution in [2.75, 3.05) is 40.9 Å². The molecule has 0 saturated heterocycles. The van der Waals surface area contributed by atoms with Crippen LogP contribution in [0.5, 0.6) is 0 Å². The number of unbranched alkanes of at least 4 members (excludes halogenated alkanes) is 24. The molecule has 0 aliphatic carbocycles. The molecule has 0 radical (unpaired) electrons. The number of hydrogen-bond donors (Lipinski definition) is 2. The van der Waals surface area contributed by atoms with Gasteiger partial charge in [0.1, 0.15) is 19.3 Å². The lowest BCUT2D eigenvalue weighted by atomic mass is 10.1. The number of phosphoric ester groups is 1. The van der Waals surface area contributed by atoms with Gasteiger partial charge >= 0.3 is 13.8 Å². The molecule has 9 nitrogen and oxygen atoms in total. The van der Waals surface area contributed by atoms with Gasteiger partial charge in [-0.3, -0.25) is 18.6 Å². The molecule has 2 N–H and O–H groups in total. The monoisotopic (exact) mass is 1070 g/mol. The predicted octanol–water partition coefficient (Wildman–Crippen LogP) is 18.8. The van der Waals surface area contributed by atoms with Gasteiger partial charge in [0.2, 0.25) is 5.91 Å². The molecule has 0 spiro atoms. The van der Waals surface area contributed by atoms with Crippen molar-refractivity contribution in [1.82, 2.24) is 5.32 Å². The van der Waals surface area contributed by atoms with E-state index in [1.165, 1.54) is 109 Å². The summed E-state index contributed by atoms with van der Waals surface area (Å²) in [7, 11) is 1.45. The molecule has 0 aliphatic rings. The first kappa shape index (κ1) is 71.9. The van der Waals surface area contributed by atoms with Gasteiger partial charge in [0.25, 0.3) is 0 Å². The highest BCUT2D eigenvalue weighted by molar-refractivity contribution is 7.47. The average molecular weight is 1070 g/mol. The van der Waals surface area contributed by atoms with Crippen LogP contribution in [0.1, 0.15) is 252 Å². The van der Waals surface area contributed by atoms with Gasteiger partial charge in [-0.2, -0.15) is 0 Å². The molecule has 432 valence electrons. The fraction of sp³-hybridized carbons (Fsp3) is 0.723. The lowest BCUT2D eigenvalue weighted by Gasteiger charge is -2.27. The van der Waals surface area contributed by atoms with Gasteiger partial charge < -0.3 is 19.4 Å². The minimum Gasteiger partial charge on any atom is -0.456 e. The van der Waals surface area contributed by atoms with Crippen LogP contribution >= 0.6 is 7.82 Å². The number of likely N-dealkylation sites (N-methyl/N-ethyl adjacent to an activating group) is 1. The molecular weight excluding hydrogens is 952 g/mol. The Kier molecular flexibility index (Phi) is 52.1. The number of ether oxygens (including phenoxy) is 1. The average Bonchev–Trinajstić information content (AvgIpc) is 3.37. The van der Waals surface area contributed by atoms with Crippen molar-refractivity contribution in [2.24, 2.45) is 0 Å². The maximum absolute atomic E-state index is 13.5. The highest BCUT2D eigenvalue weighted by Crippen LogP contribution is 2.43.